The van der Waals surface area contributed by atoms with Crippen molar-refractivity contribution in [2.24, 2.45) is 0 Å². The van der Waals surface area contributed by atoms with Crippen LogP contribution in [0, 0.1) is 0 Å². The van der Waals surface area contributed by atoms with E-state index in [4.69, 9.17) is 4.74 Å². The molecule has 0 N–H and O–H groups in total. The fourth-order valence-corrected chi connectivity index (χ4v) is 1.31. The molecule has 0 saturated heterocycles. The molecule has 15 heavy (non-hydrogen) atoms. The Morgan fingerprint density at radius 3 is 2.53 bits per heavy atom. The van der Waals surface area contributed by atoms with Crippen LogP contribution in [0.15, 0.2) is 30.3 Å². The standard InChI is InChI=1S/C12H16O2.ClH/c1-2-14-12(13)10-6-9-11-7-4-3-5-8-11;/h3-5,7-8H,2,6,9-10H2,1H3;1H. The maximum absolute atomic E-state index is 11.0. The molecule has 0 amide bonds. The molecule has 0 aliphatic rings. The molecule has 3 heteroatoms. The number of aryl methyl sites for hydroxylation is 1. The van der Waals surface area contributed by atoms with Crippen LogP contribution in [-0.4, -0.2) is 12.6 Å². The molecule has 0 saturated carbocycles. The highest BCUT2D eigenvalue weighted by atomic mass is 35.5. The third-order valence-electron chi connectivity index (χ3n) is 1.99. The summed E-state index contributed by atoms with van der Waals surface area (Å²) in [5.41, 5.74) is 1.27. The van der Waals surface area contributed by atoms with E-state index in [-0.39, 0.29) is 18.4 Å². The molecule has 84 valence electrons. The van der Waals surface area contributed by atoms with E-state index >= 15 is 0 Å². The molecule has 0 fully saturated rings. The first-order valence-electron chi connectivity index (χ1n) is 5.02. The van der Waals surface area contributed by atoms with Crippen LogP contribution in [-0.2, 0) is 16.0 Å². The lowest BCUT2D eigenvalue weighted by Gasteiger charge is -2.01. The van der Waals surface area contributed by atoms with Gasteiger partial charge in [-0.2, -0.15) is 0 Å². The van der Waals surface area contributed by atoms with Crippen LogP contribution in [0.2, 0.25) is 0 Å². The average molecular weight is 229 g/mol. The zero-order valence-corrected chi connectivity index (χ0v) is 9.76. The lowest BCUT2D eigenvalue weighted by molar-refractivity contribution is -0.143. The predicted molar refractivity (Wildman–Crippen MR) is 63.3 cm³/mol. The summed E-state index contributed by atoms with van der Waals surface area (Å²) in [5.74, 6) is -0.0940. The molecular weight excluding hydrogens is 212 g/mol. The lowest BCUT2D eigenvalue weighted by atomic mass is 10.1. The minimum absolute atomic E-state index is 0. The normalized spacial score (nSPS) is 9.13. The van der Waals surface area contributed by atoms with Gasteiger partial charge in [0.05, 0.1) is 6.61 Å². The molecular formula is C12H17ClO2. The minimum Gasteiger partial charge on any atom is -0.466 e. The number of esters is 1. The summed E-state index contributed by atoms with van der Waals surface area (Å²) in [6.07, 6.45) is 2.32. The Labute approximate surface area is 97.0 Å². The number of benzene rings is 1. The monoisotopic (exact) mass is 228 g/mol. The minimum atomic E-state index is -0.0940. The summed E-state index contributed by atoms with van der Waals surface area (Å²) in [6, 6.07) is 10.2. The Kier molecular flexibility index (Phi) is 7.74. The zero-order chi connectivity index (χ0) is 10.2. The van der Waals surface area contributed by atoms with E-state index in [0.29, 0.717) is 13.0 Å². The van der Waals surface area contributed by atoms with Gasteiger partial charge in [0.15, 0.2) is 0 Å². The number of hydrogen-bond acceptors (Lipinski definition) is 2. The number of carbonyl (C=O) groups excluding carboxylic acids is 1. The van der Waals surface area contributed by atoms with E-state index in [0.717, 1.165) is 12.8 Å². The molecule has 0 aliphatic heterocycles. The quantitative estimate of drug-likeness (QED) is 0.725. The molecule has 0 aliphatic carbocycles. The molecule has 0 spiro atoms. The molecule has 0 radical (unpaired) electrons. The van der Waals surface area contributed by atoms with Gasteiger partial charge in [0.1, 0.15) is 0 Å². The number of hydrogen-bond donors (Lipinski definition) is 0. The fraction of sp³-hybridized carbons (Fsp3) is 0.417. The predicted octanol–water partition coefficient (Wildman–Crippen LogP) is 2.99. The van der Waals surface area contributed by atoms with E-state index < -0.39 is 0 Å². The zero-order valence-electron chi connectivity index (χ0n) is 8.94. The van der Waals surface area contributed by atoms with Gasteiger partial charge in [-0.25, -0.2) is 0 Å². The number of rotatable bonds is 5. The van der Waals surface area contributed by atoms with E-state index in [1.54, 1.807) is 0 Å². The second-order valence-corrected chi connectivity index (χ2v) is 3.14. The molecule has 1 aromatic rings. The molecule has 0 unspecified atom stereocenters. The fourth-order valence-electron chi connectivity index (χ4n) is 1.31. The Morgan fingerprint density at radius 1 is 1.27 bits per heavy atom. The Balaban J connectivity index is 0.00000196. The molecule has 2 nitrogen and oxygen atoms in total. The largest absolute Gasteiger partial charge is 0.466 e. The van der Waals surface area contributed by atoms with Crippen LogP contribution in [0.5, 0.6) is 0 Å². The Morgan fingerprint density at radius 2 is 1.93 bits per heavy atom. The molecule has 0 aromatic heterocycles. The van der Waals surface area contributed by atoms with Crippen LogP contribution in [0.25, 0.3) is 0 Å². The van der Waals surface area contributed by atoms with Gasteiger partial charge >= 0.3 is 5.97 Å². The van der Waals surface area contributed by atoms with E-state index in [1.807, 2.05) is 25.1 Å². The average Bonchev–Trinajstić information content (AvgIpc) is 2.20. The van der Waals surface area contributed by atoms with Crippen molar-refractivity contribution in [1.29, 1.82) is 0 Å². The highest BCUT2D eigenvalue weighted by molar-refractivity contribution is 5.85. The summed E-state index contributed by atoms with van der Waals surface area (Å²) in [7, 11) is 0. The van der Waals surface area contributed by atoms with E-state index in [2.05, 4.69) is 12.1 Å². The molecule has 1 aromatic carbocycles. The van der Waals surface area contributed by atoms with Crippen LogP contribution in [0.4, 0.5) is 0 Å². The van der Waals surface area contributed by atoms with Crippen molar-refractivity contribution >= 4 is 18.4 Å². The first kappa shape index (κ1) is 14.0. The molecule has 1 rings (SSSR count). The van der Waals surface area contributed by atoms with Gasteiger partial charge in [-0.05, 0) is 25.3 Å². The van der Waals surface area contributed by atoms with Crippen molar-refractivity contribution in [1.82, 2.24) is 0 Å². The van der Waals surface area contributed by atoms with Gasteiger partial charge in [-0.3, -0.25) is 4.79 Å². The SMILES string of the molecule is CCOC(=O)CCCc1ccccc1.Cl. The summed E-state index contributed by atoms with van der Waals surface area (Å²) in [6.45, 7) is 2.30. The van der Waals surface area contributed by atoms with Crippen LogP contribution in [0.1, 0.15) is 25.3 Å². The molecule has 0 heterocycles. The van der Waals surface area contributed by atoms with Gasteiger partial charge in [0, 0.05) is 6.42 Å². The van der Waals surface area contributed by atoms with Crippen molar-refractivity contribution in [2.45, 2.75) is 26.2 Å². The summed E-state index contributed by atoms with van der Waals surface area (Å²) in [5, 5.41) is 0. The highest BCUT2D eigenvalue weighted by Crippen LogP contribution is 2.04. The van der Waals surface area contributed by atoms with Crippen molar-refractivity contribution in [3.05, 3.63) is 35.9 Å². The Bertz CT molecular complexity index is 272. The van der Waals surface area contributed by atoms with Gasteiger partial charge < -0.3 is 4.74 Å². The second-order valence-electron chi connectivity index (χ2n) is 3.14. The van der Waals surface area contributed by atoms with Crippen LogP contribution in [0.3, 0.4) is 0 Å². The van der Waals surface area contributed by atoms with Gasteiger partial charge in [-0.15, -0.1) is 12.4 Å². The van der Waals surface area contributed by atoms with E-state index in [1.165, 1.54) is 5.56 Å². The Hall–Kier alpha value is -1.02. The van der Waals surface area contributed by atoms with Crippen molar-refractivity contribution < 1.29 is 9.53 Å². The second kappa shape index (κ2) is 8.30. The number of carbonyl (C=O) groups is 1. The number of ether oxygens (including phenoxy) is 1. The van der Waals surface area contributed by atoms with Crippen molar-refractivity contribution in [3.63, 3.8) is 0 Å². The highest BCUT2D eigenvalue weighted by Gasteiger charge is 2.00. The summed E-state index contributed by atoms with van der Waals surface area (Å²) >= 11 is 0. The van der Waals surface area contributed by atoms with Crippen LogP contribution >= 0.6 is 12.4 Å². The third kappa shape index (κ3) is 6.13. The van der Waals surface area contributed by atoms with Crippen LogP contribution < -0.4 is 0 Å². The summed E-state index contributed by atoms with van der Waals surface area (Å²) < 4.78 is 4.84. The van der Waals surface area contributed by atoms with Crippen molar-refractivity contribution in [2.75, 3.05) is 6.61 Å². The van der Waals surface area contributed by atoms with Gasteiger partial charge in [0.2, 0.25) is 0 Å². The smallest absolute Gasteiger partial charge is 0.305 e. The molecule has 0 atom stereocenters. The summed E-state index contributed by atoms with van der Waals surface area (Å²) in [4.78, 5) is 11.0. The third-order valence-corrected chi connectivity index (χ3v) is 1.99. The first-order valence-corrected chi connectivity index (χ1v) is 5.02. The van der Waals surface area contributed by atoms with Gasteiger partial charge in [-0.1, -0.05) is 30.3 Å². The van der Waals surface area contributed by atoms with Crippen molar-refractivity contribution in [3.8, 4) is 0 Å². The van der Waals surface area contributed by atoms with Gasteiger partial charge in [0.25, 0.3) is 0 Å². The molecule has 0 bridgehead atoms. The lowest BCUT2D eigenvalue weighted by Crippen LogP contribution is -2.03. The maximum atomic E-state index is 11.0. The maximum Gasteiger partial charge on any atom is 0.305 e. The topological polar surface area (TPSA) is 26.3 Å². The first-order chi connectivity index (χ1) is 6.83. The van der Waals surface area contributed by atoms with E-state index in [9.17, 15) is 4.79 Å². The number of halogens is 1.